The lowest BCUT2D eigenvalue weighted by Gasteiger charge is -2.32. The van der Waals surface area contributed by atoms with Crippen LogP contribution < -0.4 is 24.3 Å². The standard InChI is InChI=1S/C26H30N2O4/c1-16-27-25-18(13-17-9-11-21(29-2)23(14-17)31-4)7-6-8-20(25)26(28-16)19-10-12-22(30-3)24(15-19)32-5/h9-15,26H,6-8H2,1-5H3,(H,27,28)/b18-13+. The van der Waals surface area contributed by atoms with E-state index in [2.05, 4.69) is 23.5 Å². The molecule has 0 saturated heterocycles. The van der Waals surface area contributed by atoms with Crippen LogP contribution in [0.15, 0.2) is 58.2 Å². The summed E-state index contributed by atoms with van der Waals surface area (Å²) in [6.07, 6.45) is 5.32. The minimum atomic E-state index is -0.0415. The Hall–Kier alpha value is -3.41. The fourth-order valence-electron chi connectivity index (χ4n) is 4.43. The zero-order valence-corrected chi connectivity index (χ0v) is 19.3. The molecule has 1 heterocycles. The summed E-state index contributed by atoms with van der Waals surface area (Å²) in [4.78, 5) is 4.95. The number of nitrogens with zero attached hydrogens (tertiary/aromatic N) is 1. The van der Waals surface area contributed by atoms with Gasteiger partial charge in [0.25, 0.3) is 0 Å². The van der Waals surface area contributed by atoms with Crippen molar-refractivity contribution in [3.8, 4) is 23.0 Å². The molecule has 0 radical (unpaired) electrons. The van der Waals surface area contributed by atoms with Crippen molar-refractivity contribution in [3.63, 3.8) is 0 Å². The van der Waals surface area contributed by atoms with Gasteiger partial charge in [0.1, 0.15) is 6.04 Å². The van der Waals surface area contributed by atoms with Gasteiger partial charge in [-0.1, -0.05) is 12.1 Å². The van der Waals surface area contributed by atoms with Crippen LogP contribution in [0.1, 0.15) is 43.4 Å². The van der Waals surface area contributed by atoms with Gasteiger partial charge in [-0.2, -0.15) is 0 Å². The molecule has 0 saturated carbocycles. The highest BCUT2D eigenvalue weighted by molar-refractivity contribution is 5.85. The molecule has 1 N–H and O–H groups in total. The second-order valence-electron chi connectivity index (χ2n) is 7.89. The largest absolute Gasteiger partial charge is 0.493 e. The van der Waals surface area contributed by atoms with E-state index in [4.69, 9.17) is 23.9 Å². The number of hydrogen-bond donors (Lipinski definition) is 1. The van der Waals surface area contributed by atoms with Gasteiger partial charge >= 0.3 is 0 Å². The third kappa shape index (κ3) is 4.17. The number of benzene rings is 2. The molecule has 0 amide bonds. The molecular formula is C26H30N2O4. The second kappa shape index (κ2) is 9.39. The van der Waals surface area contributed by atoms with Crippen LogP contribution in [0, 0.1) is 0 Å². The van der Waals surface area contributed by atoms with E-state index in [0.29, 0.717) is 0 Å². The molecule has 0 aromatic heterocycles. The number of methoxy groups -OCH3 is 4. The molecule has 1 unspecified atom stereocenters. The minimum absolute atomic E-state index is 0.0415. The van der Waals surface area contributed by atoms with Crippen molar-refractivity contribution in [1.82, 2.24) is 5.32 Å². The summed E-state index contributed by atoms with van der Waals surface area (Å²) in [6, 6.07) is 12.0. The van der Waals surface area contributed by atoms with Gasteiger partial charge in [-0.3, -0.25) is 4.99 Å². The normalized spacial score (nSPS) is 19.1. The number of amidine groups is 1. The molecule has 4 rings (SSSR count). The lowest BCUT2D eigenvalue weighted by Crippen LogP contribution is -2.30. The second-order valence-corrected chi connectivity index (χ2v) is 7.89. The van der Waals surface area contributed by atoms with Crippen LogP contribution in [-0.4, -0.2) is 34.3 Å². The van der Waals surface area contributed by atoms with Crippen LogP contribution in [0.5, 0.6) is 23.0 Å². The van der Waals surface area contributed by atoms with Gasteiger partial charge in [0.05, 0.1) is 34.3 Å². The first-order valence-electron chi connectivity index (χ1n) is 10.8. The highest BCUT2D eigenvalue weighted by Gasteiger charge is 2.29. The molecule has 168 valence electrons. The van der Waals surface area contributed by atoms with Crippen LogP contribution >= 0.6 is 0 Å². The van der Waals surface area contributed by atoms with Crippen molar-refractivity contribution < 1.29 is 18.9 Å². The maximum absolute atomic E-state index is 5.53. The van der Waals surface area contributed by atoms with Gasteiger partial charge in [0, 0.05) is 5.70 Å². The average molecular weight is 435 g/mol. The van der Waals surface area contributed by atoms with Crippen molar-refractivity contribution in [2.24, 2.45) is 4.99 Å². The van der Waals surface area contributed by atoms with E-state index in [9.17, 15) is 0 Å². The minimum Gasteiger partial charge on any atom is -0.493 e. The van der Waals surface area contributed by atoms with Gasteiger partial charge in [0.2, 0.25) is 0 Å². The Labute approximate surface area is 189 Å². The monoisotopic (exact) mass is 434 g/mol. The van der Waals surface area contributed by atoms with Crippen molar-refractivity contribution in [2.75, 3.05) is 28.4 Å². The number of rotatable bonds is 6. The summed E-state index contributed by atoms with van der Waals surface area (Å²) in [5, 5.41) is 3.54. The third-order valence-electron chi connectivity index (χ3n) is 5.97. The zero-order chi connectivity index (χ0) is 22.7. The Bertz CT molecular complexity index is 1100. The fourth-order valence-corrected chi connectivity index (χ4v) is 4.43. The Morgan fingerprint density at radius 3 is 2.19 bits per heavy atom. The first-order chi connectivity index (χ1) is 15.6. The quantitative estimate of drug-likeness (QED) is 0.668. The molecule has 0 spiro atoms. The molecule has 1 aliphatic carbocycles. The molecule has 1 aliphatic heterocycles. The molecule has 0 bridgehead atoms. The summed E-state index contributed by atoms with van der Waals surface area (Å²) < 4.78 is 21.8. The summed E-state index contributed by atoms with van der Waals surface area (Å²) in [5.41, 5.74) is 5.94. The van der Waals surface area contributed by atoms with Crippen LogP contribution in [-0.2, 0) is 0 Å². The lowest BCUT2D eigenvalue weighted by atomic mass is 9.83. The molecule has 32 heavy (non-hydrogen) atoms. The summed E-state index contributed by atoms with van der Waals surface area (Å²) in [6.45, 7) is 2.01. The van der Waals surface area contributed by atoms with Gasteiger partial charge in [0.15, 0.2) is 23.0 Å². The molecule has 6 nitrogen and oxygen atoms in total. The summed E-state index contributed by atoms with van der Waals surface area (Å²) in [5.74, 6) is 3.80. The van der Waals surface area contributed by atoms with E-state index in [1.807, 2.05) is 31.2 Å². The molecule has 2 aromatic rings. The predicted octanol–water partition coefficient (Wildman–Crippen LogP) is 5.31. The third-order valence-corrected chi connectivity index (χ3v) is 5.97. The van der Waals surface area contributed by atoms with Crippen molar-refractivity contribution in [1.29, 1.82) is 0 Å². The predicted molar refractivity (Wildman–Crippen MR) is 127 cm³/mol. The Morgan fingerprint density at radius 1 is 0.844 bits per heavy atom. The van der Waals surface area contributed by atoms with Crippen LogP contribution in [0.25, 0.3) is 6.08 Å². The van der Waals surface area contributed by atoms with E-state index in [1.54, 1.807) is 28.4 Å². The highest BCUT2D eigenvalue weighted by atomic mass is 16.5. The number of aliphatic imine (C=N–C) groups is 1. The fraction of sp³-hybridized carbons (Fsp3) is 0.346. The van der Waals surface area contributed by atoms with E-state index in [1.165, 1.54) is 16.8 Å². The van der Waals surface area contributed by atoms with Crippen molar-refractivity contribution in [2.45, 2.75) is 32.2 Å². The van der Waals surface area contributed by atoms with Gasteiger partial charge in [-0.15, -0.1) is 0 Å². The summed E-state index contributed by atoms with van der Waals surface area (Å²) >= 11 is 0. The number of hydrogen-bond acceptors (Lipinski definition) is 6. The lowest BCUT2D eigenvalue weighted by molar-refractivity contribution is 0.354. The smallest absolute Gasteiger partial charge is 0.161 e. The van der Waals surface area contributed by atoms with Gasteiger partial charge in [-0.05, 0) is 78.8 Å². The first-order valence-corrected chi connectivity index (χ1v) is 10.8. The number of nitrogens with one attached hydrogen (secondary N) is 1. The first kappa shape index (κ1) is 21.8. The summed E-state index contributed by atoms with van der Waals surface area (Å²) in [7, 11) is 6.62. The van der Waals surface area contributed by atoms with Crippen LogP contribution in [0.3, 0.4) is 0 Å². The van der Waals surface area contributed by atoms with E-state index in [-0.39, 0.29) is 6.04 Å². The van der Waals surface area contributed by atoms with E-state index < -0.39 is 0 Å². The highest BCUT2D eigenvalue weighted by Crippen LogP contribution is 2.42. The topological polar surface area (TPSA) is 61.3 Å². The average Bonchev–Trinajstić information content (AvgIpc) is 2.83. The van der Waals surface area contributed by atoms with Crippen LogP contribution in [0.4, 0.5) is 0 Å². The van der Waals surface area contributed by atoms with E-state index >= 15 is 0 Å². The molecule has 1 atom stereocenters. The Morgan fingerprint density at radius 2 is 1.50 bits per heavy atom. The van der Waals surface area contributed by atoms with Crippen molar-refractivity contribution in [3.05, 3.63) is 64.4 Å². The van der Waals surface area contributed by atoms with Gasteiger partial charge < -0.3 is 24.3 Å². The number of ether oxygens (including phenoxy) is 4. The molecule has 0 fully saturated rings. The number of allylic oxidation sites excluding steroid dienone is 1. The maximum Gasteiger partial charge on any atom is 0.161 e. The zero-order valence-electron chi connectivity index (χ0n) is 19.3. The molecule has 2 aliphatic rings. The van der Waals surface area contributed by atoms with Crippen LogP contribution in [0.2, 0.25) is 0 Å². The van der Waals surface area contributed by atoms with Crippen molar-refractivity contribution >= 4 is 11.9 Å². The SMILES string of the molecule is COc1ccc(/C=C2\CCCC3=C2NC(C)=NC3c2ccc(OC)c(OC)c2)cc1OC. The molecular weight excluding hydrogens is 404 g/mol. The Kier molecular flexibility index (Phi) is 6.40. The maximum atomic E-state index is 5.53. The molecule has 6 heteroatoms. The Balaban J connectivity index is 1.75. The van der Waals surface area contributed by atoms with Gasteiger partial charge in [-0.25, -0.2) is 0 Å². The van der Waals surface area contributed by atoms with E-state index in [0.717, 1.165) is 59.2 Å². The molecule has 2 aromatic carbocycles.